The number of hydrogen-bond donors (Lipinski definition) is 2. The van der Waals surface area contributed by atoms with Crippen molar-refractivity contribution in [1.82, 2.24) is 5.32 Å². The number of nitrogens with one attached hydrogen (secondary N) is 2. The Morgan fingerprint density at radius 3 is 2.38 bits per heavy atom. The summed E-state index contributed by atoms with van der Waals surface area (Å²) in [5.74, 6) is 0.916. The summed E-state index contributed by atoms with van der Waals surface area (Å²) >= 11 is 0. The highest BCUT2D eigenvalue weighted by Crippen LogP contribution is 2.23. The first kappa shape index (κ1) is 15.9. The zero-order valence-corrected chi connectivity index (χ0v) is 13.2. The molecular formula is C18H28N2O. The van der Waals surface area contributed by atoms with Gasteiger partial charge in [-0.15, -0.1) is 0 Å². The summed E-state index contributed by atoms with van der Waals surface area (Å²) in [7, 11) is 0. The van der Waals surface area contributed by atoms with E-state index in [1.54, 1.807) is 0 Å². The van der Waals surface area contributed by atoms with Crippen molar-refractivity contribution in [1.29, 1.82) is 0 Å². The van der Waals surface area contributed by atoms with Crippen LogP contribution in [0.4, 0.5) is 5.69 Å². The van der Waals surface area contributed by atoms with Crippen molar-refractivity contribution in [2.75, 3.05) is 18.4 Å². The van der Waals surface area contributed by atoms with Gasteiger partial charge in [0.05, 0.1) is 6.42 Å². The van der Waals surface area contributed by atoms with Gasteiger partial charge in [0.2, 0.25) is 5.91 Å². The number of benzene rings is 1. The molecule has 0 atom stereocenters. The molecule has 1 aromatic rings. The molecule has 1 aromatic carbocycles. The van der Waals surface area contributed by atoms with E-state index in [0.29, 0.717) is 13.0 Å². The molecule has 1 aliphatic rings. The fourth-order valence-corrected chi connectivity index (χ4v) is 3.02. The van der Waals surface area contributed by atoms with Crippen LogP contribution in [0.2, 0.25) is 0 Å². The molecule has 21 heavy (non-hydrogen) atoms. The lowest BCUT2D eigenvalue weighted by Crippen LogP contribution is -2.24. The summed E-state index contributed by atoms with van der Waals surface area (Å²) in [5, 5.41) is 6.38. The Labute approximate surface area is 128 Å². The third-order valence-corrected chi connectivity index (χ3v) is 4.26. The number of anilines is 1. The van der Waals surface area contributed by atoms with Gasteiger partial charge in [-0.2, -0.15) is 0 Å². The van der Waals surface area contributed by atoms with Crippen molar-refractivity contribution >= 4 is 11.6 Å². The Hall–Kier alpha value is -1.51. The predicted octanol–water partition coefficient (Wildman–Crippen LogP) is 3.75. The molecule has 0 unspecified atom stereocenters. The summed E-state index contributed by atoms with van der Waals surface area (Å²) in [6, 6.07) is 8.27. The van der Waals surface area contributed by atoms with E-state index in [-0.39, 0.29) is 5.91 Å². The number of rotatable bonds is 6. The second-order valence-corrected chi connectivity index (χ2v) is 6.07. The molecule has 0 saturated heterocycles. The van der Waals surface area contributed by atoms with E-state index in [0.717, 1.165) is 18.0 Å². The largest absolute Gasteiger partial charge is 0.385 e. The lowest BCUT2D eigenvalue weighted by Gasteiger charge is -2.16. The van der Waals surface area contributed by atoms with Crippen LogP contribution >= 0.6 is 0 Å². The van der Waals surface area contributed by atoms with E-state index in [1.807, 2.05) is 19.1 Å². The molecule has 1 amide bonds. The molecule has 0 aliphatic heterocycles. The lowest BCUT2D eigenvalue weighted by molar-refractivity contribution is -0.120. The van der Waals surface area contributed by atoms with Gasteiger partial charge in [-0.05, 0) is 43.4 Å². The molecule has 1 aliphatic carbocycles. The molecule has 1 fully saturated rings. The van der Waals surface area contributed by atoms with Crippen LogP contribution in [-0.2, 0) is 11.2 Å². The van der Waals surface area contributed by atoms with Crippen molar-refractivity contribution in [2.45, 2.75) is 51.9 Å². The van der Waals surface area contributed by atoms with Crippen molar-refractivity contribution in [2.24, 2.45) is 5.92 Å². The van der Waals surface area contributed by atoms with E-state index < -0.39 is 0 Å². The fraction of sp³-hybridized carbons (Fsp3) is 0.611. The second-order valence-electron chi connectivity index (χ2n) is 6.07. The number of hydrogen-bond acceptors (Lipinski definition) is 2. The van der Waals surface area contributed by atoms with Crippen LogP contribution in [0.1, 0.15) is 51.0 Å². The molecular weight excluding hydrogens is 260 g/mol. The van der Waals surface area contributed by atoms with Crippen molar-refractivity contribution < 1.29 is 4.79 Å². The highest BCUT2D eigenvalue weighted by Gasteiger charge is 2.11. The van der Waals surface area contributed by atoms with Gasteiger partial charge >= 0.3 is 0 Å². The SMILES string of the molecule is CCNC(=O)Cc1ccc(NCC2CCCCCC2)cc1. The number of carbonyl (C=O) groups is 1. The standard InChI is InChI=1S/C18H28N2O/c1-2-19-18(21)13-15-9-11-17(12-10-15)20-14-16-7-5-3-4-6-8-16/h9-12,16,20H,2-8,13-14H2,1H3,(H,19,21). The quantitative estimate of drug-likeness (QED) is 0.783. The first-order chi connectivity index (χ1) is 10.3. The summed E-state index contributed by atoms with van der Waals surface area (Å²) < 4.78 is 0. The first-order valence-electron chi connectivity index (χ1n) is 8.37. The van der Waals surface area contributed by atoms with Crippen LogP contribution in [0.5, 0.6) is 0 Å². The number of likely N-dealkylation sites (N-methyl/N-ethyl adjacent to an activating group) is 1. The van der Waals surface area contributed by atoms with Gasteiger partial charge in [-0.25, -0.2) is 0 Å². The smallest absolute Gasteiger partial charge is 0.224 e. The van der Waals surface area contributed by atoms with Gasteiger partial charge in [0.1, 0.15) is 0 Å². The monoisotopic (exact) mass is 288 g/mol. The Balaban J connectivity index is 1.77. The molecule has 3 nitrogen and oxygen atoms in total. The first-order valence-corrected chi connectivity index (χ1v) is 8.37. The second kappa shape index (κ2) is 8.71. The Kier molecular flexibility index (Phi) is 6.58. The molecule has 3 heteroatoms. The number of amides is 1. The third-order valence-electron chi connectivity index (χ3n) is 4.26. The molecule has 2 N–H and O–H groups in total. The minimum Gasteiger partial charge on any atom is -0.385 e. The molecule has 0 heterocycles. The van der Waals surface area contributed by atoms with Crippen LogP contribution in [-0.4, -0.2) is 19.0 Å². The van der Waals surface area contributed by atoms with Crippen LogP contribution in [0.25, 0.3) is 0 Å². The molecule has 0 spiro atoms. The van der Waals surface area contributed by atoms with Gasteiger partial charge in [-0.3, -0.25) is 4.79 Å². The van der Waals surface area contributed by atoms with Crippen LogP contribution in [0.3, 0.4) is 0 Å². The van der Waals surface area contributed by atoms with E-state index in [9.17, 15) is 4.79 Å². The minimum atomic E-state index is 0.0941. The zero-order valence-electron chi connectivity index (χ0n) is 13.2. The Bertz CT molecular complexity index is 419. The lowest BCUT2D eigenvalue weighted by atomic mass is 10.0. The molecule has 0 aromatic heterocycles. The van der Waals surface area contributed by atoms with Crippen LogP contribution in [0.15, 0.2) is 24.3 Å². The molecule has 0 bridgehead atoms. The normalized spacial score (nSPS) is 16.2. The predicted molar refractivity (Wildman–Crippen MR) is 88.5 cm³/mol. The van der Waals surface area contributed by atoms with E-state index in [1.165, 1.54) is 44.2 Å². The molecule has 2 rings (SSSR count). The van der Waals surface area contributed by atoms with Crippen LogP contribution in [0, 0.1) is 5.92 Å². The van der Waals surface area contributed by atoms with Crippen LogP contribution < -0.4 is 10.6 Å². The van der Waals surface area contributed by atoms with E-state index in [2.05, 4.69) is 22.8 Å². The van der Waals surface area contributed by atoms with Gasteiger partial charge < -0.3 is 10.6 Å². The van der Waals surface area contributed by atoms with E-state index >= 15 is 0 Å². The summed E-state index contributed by atoms with van der Waals surface area (Å²) in [6.45, 7) is 3.72. The van der Waals surface area contributed by atoms with Crippen molar-refractivity contribution in [3.8, 4) is 0 Å². The van der Waals surface area contributed by atoms with Gasteiger partial charge in [-0.1, -0.05) is 37.8 Å². The summed E-state index contributed by atoms with van der Waals surface area (Å²) in [5.41, 5.74) is 2.24. The maximum absolute atomic E-state index is 11.5. The highest BCUT2D eigenvalue weighted by molar-refractivity contribution is 5.78. The Morgan fingerprint density at radius 2 is 1.76 bits per heavy atom. The molecule has 116 valence electrons. The maximum Gasteiger partial charge on any atom is 0.224 e. The van der Waals surface area contributed by atoms with Gasteiger partial charge in [0.15, 0.2) is 0 Å². The fourth-order valence-electron chi connectivity index (χ4n) is 3.02. The molecule has 1 saturated carbocycles. The topological polar surface area (TPSA) is 41.1 Å². The highest BCUT2D eigenvalue weighted by atomic mass is 16.1. The minimum absolute atomic E-state index is 0.0941. The third kappa shape index (κ3) is 5.78. The van der Waals surface area contributed by atoms with Gasteiger partial charge in [0.25, 0.3) is 0 Å². The summed E-state index contributed by atoms with van der Waals surface area (Å²) in [6.07, 6.45) is 8.78. The average molecular weight is 288 g/mol. The number of carbonyl (C=O) groups excluding carboxylic acids is 1. The zero-order chi connectivity index (χ0) is 14.9. The summed E-state index contributed by atoms with van der Waals surface area (Å²) in [4.78, 5) is 11.5. The van der Waals surface area contributed by atoms with E-state index in [4.69, 9.17) is 0 Å². The van der Waals surface area contributed by atoms with Crippen molar-refractivity contribution in [3.05, 3.63) is 29.8 Å². The average Bonchev–Trinajstić information content (AvgIpc) is 2.75. The van der Waals surface area contributed by atoms with Crippen molar-refractivity contribution in [3.63, 3.8) is 0 Å². The maximum atomic E-state index is 11.5. The van der Waals surface area contributed by atoms with Gasteiger partial charge in [0, 0.05) is 18.8 Å². The Morgan fingerprint density at radius 1 is 1.10 bits per heavy atom. The molecule has 0 radical (unpaired) electrons.